The van der Waals surface area contributed by atoms with Crippen molar-refractivity contribution in [2.24, 2.45) is 11.8 Å². The predicted octanol–water partition coefficient (Wildman–Crippen LogP) is 6.89. The maximum absolute atomic E-state index is 15.3. The fourth-order valence-electron chi connectivity index (χ4n) is 5.31. The normalized spacial score (nSPS) is 24.1. The average molecular weight is 521 g/mol. The average Bonchev–Trinajstić information content (AvgIpc) is 2.85. The monoisotopic (exact) mass is 520 g/mol. The van der Waals surface area contributed by atoms with E-state index < -0.39 is 32.1 Å². The number of ether oxygens (including phenoxy) is 1. The second-order valence-electron chi connectivity index (χ2n) is 8.85. The summed E-state index contributed by atoms with van der Waals surface area (Å²) in [7, 11) is -4.10. The summed E-state index contributed by atoms with van der Waals surface area (Å²) in [5.74, 6) is -1.25. The van der Waals surface area contributed by atoms with Crippen molar-refractivity contribution in [2.45, 2.75) is 33.8 Å². The molecule has 0 spiro atoms. The number of sulfone groups is 1. The van der Waals surface area contributed by atoms with Crippen LogP contribution in [0.25, 0.3) is 0 Å². The van der Waals surface area contributed by atoms with E-state index in [-0.39, 0.29) is 35.2 Å². The SMILES string of the molecule is O=S(=O)(c1ccc(Cl)cc1)[C@@]12CC[C@@H](CSc3ccccc3)C[C@@H]1COc1c(F)ccc(F)c12. The summed E-state index contributed by atoms with van der Waals surface area (Å²) in [5, 5.41) is 0.402. The smallest absolute Gasteiger partial charge is 0.188 e. The summed E-state index contributed by atoms with van der Waals surface area (Å²) in [6.07, 6.45) is 1.32. The van der Waals surface area contributed by atoms with Crippen LogP contribution in [0.15, 0.2) is 76.5 Å². The number of hydrogen-bond donors (Lipinski definition) is 0. The molecule has 1 aliphatic heterocycles. The minimum absolute atomic E-state index is 0.0205. The van der Waals surface area contributed by atoms with Gasteiger partial charge in [-0.2, -0.15) is 0 Å². The maximum Gasteiger partial charge on any atom is 0.188 e. The Balaban J connectivity index is 1.56. The van der Waals surface area contributed by atoms with E-state index in [4.69, 9.17) is 16.3 Å². The summed E-state index contributed by atoms with van der Waals surface area (Å²) in [6, 6.07) is 17.9. The van der Waals surface area contributed by atoms with Crippen LogP contribution in [0, 0.1) is 23.5 Å². The largest absolute Gasteiger partial charge is 0.490 e. The molecular weight excluding hydrogens is 498 g/mol. The molecule has 0 radical (unpaired) electrons. The van der Waals surface area contributed by atoms with Gasteiger partial charge in [-0.25, -0.2) is 17.2 Å². The molecule has 2 aliphatic rings. The lowest BCUT2D eigenvalue weighted by molar-refractivity contribution is 0.104. The number of thioether (sulfide) groups is 1. The van der Waals surface area contributed by atoms with Crippen LogP contribution in [0.1, 0.15) is 24.8 Å². The van der Waals surface area contributed by atoms with Crippen LogP contribution < -0.4 is 4.74 Å². The lowest BCUT2D eigenvalue weighted by atomic mass is 9.69. The van der Waals surface area contributed by atoms with E-state index in [1.807, 2.05) is 30.3 Å². The van der Waals surface area contributed by atoms with Crippen molar-refractivity contribution in [2.75, 3.05) is 12.4 Å². The van der Waals surface area contributed by atoms with Gasteiger partial charge in [-0.3, -0.25) is 0 Å². The third kappa shape index (κ3) is 3.91. The Hall–Kier alpha value is -2.09. The van der Waals surface area contributed by atoms with Crippen LogP contribution in [-0.4, -0.2) is 20.8 Å². The third-order valence-electron chi connectivity index (χ3n) is 6.94. The molecule has 1 heterocycles. The van der Waals surface area contributed by atoms with Crippen molar-refractivity contribution >= 4 is 33.2 Å². The molecule has 0 aromatic heterocycles. The van der Waals surface area contributed by atoms with Gasteiger partial charge in [0.1, 0.15) is 10.6 Å². The number of rotatable bonds is 5. The van der Waals surface area contributed by atoms with E-state index in [1.54, 1.807) is 11.8 Å². The van der Waals surface area contributed by atoms with Gasteiger partial charge in [0.15, 0.2) is 21.4 Å². The Morgan fingerprint density at radius 1 is 1.00 bits per heavy atom. The van der Waals surface area contributed by atoms with E-state index in [9.17, 15) is 12.8 Å². The number of fused-ring (bicyclic) bond motifs is 3. The van der Waals surface area contributed by atoms with Gasteiger partial charge in [0.05, 0.1) is 17.1 Å². The minimum Gasteiger partial charge on any atom is -0.490 e. The molecule has 3 nitrogen and oxygen atoms in total. The molecule has 3 atom stereocenters. The Bertz CT molecular complexity index is 1300. The number of halogens is 3. The molecule has 8 heteroatoms. The molecule has 0 unspecified atom stereocenters. The van der Waals surface area contributed by atoms with E-state index in [1.165, 1.54) is 24.3 Å². The molecule has 5 rings (SSSR count). The van der Waals surface area contributed by atoms with Gasteiger partial charge in [0.2, 0.25) is 0 Å². The quantitative estimate of drug-likeness (QED) is 0.344. The first-order valence-corrected chi connectivity index (χ1v) is 14.0. The summed E-state index contributed by atoms with van der Waals surface area (Å²) >= 11 is 7.71. The first-order valence-electron chi connectivity index (χ1n) is 11.1. The second-order valence-corrected chi connectivity index (χ2v) is 12.6. The molecule has 1 fully saturated rings. The van der Waals surface area contributed by atoms with E-state index in [0.717, 1.165) is 22.8 Å². The highest BCUT2D eigenvalue weighted by Crippen LogP contribution is 2.57. The summed E-state index contributed by atoms with van der Waals surface area (Å²) in [4.78, 5) is 1.20. The van der Waals surface area contributed by atoms with Crippen molar-refractivity contribution in [1.29, 1.82) is 0 Å². The van der Waals surface area contributed by atoms with Gasteiger partial charge in [-0.1, -0.05) is 29.8 Å². The van der Waals surface area contributed by atoms with Crippen LogP contribution >= 0.6 is 23.4 Å². The van der Waals surface area contributed by atoms with Gasteiger partial charge in [-0.05, 0) is 73.7 Å². The molecule has 34 heavy (non-hydrogen) atoms. The molecule has 1 saturated carbocycles. The topological polar surface area (TPSA) is 43.4 Å². The lowest BCUT2D eigenvalue weighted by Gasteiger charge is -2.49. The van der Waals surface area contributed by atoms with Crippen molar-refractivity contribution in [1.82, 2.24) is 0 Å². The number of benzene rings is 3. The fraction of sp³-hybridized carbons (Fsp3) is 0.308. The van der Waals surface area contributed by atoms with E-state index in [2.05, 4.69) is 0 Å². The van der Waals surface area contributed by atoms with Gasteiger partial charge in [0, 0.05) is 21.6 Å². The van der Waals surface area contributed by atoms with Gasteiger partial charge < -0.3 is 4.74 Å². The lowest BCUT2D eigenvalue weighted by Crippen LogP contribution is -2.52. The first-order chi connectivity index (χ1) is 16.3. The highest BCUT2D eigenvalue weighted by atomic mass is 35.5. The highest BCUT2D eigenvalue weighted by molar-refractivity contribution is 7.99. The molecule has 0 N–H and O–H groups in total. The Morgan fingerprint density at radius 2 is 1.71 bits per heavy atom. The fourth-order valence-corrected chi connectivity index (χ4v) is 8.88. The molecular formula is C26H23ClF2O3S2. The van der Waals surface area contributed by atoms with Crippen molar-refractivity contribution in [3.8, 4) is 5.75 Å². The molecule has 3 aromatic carbocycles. The molecule has 3 aromatic rings. The zero-order valence-electron chi connectivity index (χ0n) is 18.2. The second kappa shape index (κ2) is 9.17. The van der Waals surface area contributed by atoms with Crippen molar-refractivity contribution in [3.05, 3.63) is 89.0 Å². The molecule has 1 aliphatic carbocycles. The molecule has 0 amide bonds. The van der Waals surface area contributed by atoms with Gasteiger partial charge in [-0.15, -0.1) is 11.8 Å². The Labute approximate surface area is 207 Å². The van der Waals surface area contributed by atoms with Crippen LogP contribution in [-0.2, 0) is 14.6 Å². The first kappa shape index (κ1) is 23.6. The van der Waals surface area contributed by atoms with Crippen molar-refractivity contribution in [3.63, 3.8) is 0 Å². The summed E-state index contributed by atoms with van der Waals surface area (Å²) in [6.45, 7) is 0.0205. The number of hydrogen-bond acceptors (Lipinski definition) is 4. The van der Waals surface area contributed by atoms with Crippen LogP contribution in [0.5, 0.6) is 5.75 Å². The zero-order chi connectivity index (χ0) is 23.9. The third-order valence-corrected chi connectivity index (χ3v) is 11.0. The minimum atomic E-state index is -4.10. The standard InChI is InChI=1S/C26H23ClF2O3S2/c27-19-6-8-21(9-7-19)34(30,31)26-13-12-17(16-33-20-4-2-1-3-5-20)14-18(26)15-32-25-23(29)11-10-22(28)24(25)26/h1-11,17-18H,12-16H2/t17-,18-,26+/m1/s1. The van der Waals surface area contributed by atoms with Gasteiger partial charge in [0.25, 0.3) is 0 Å². The van der Waals surface area contributed by atoms with Crippen LogP contribution in [0.2, 0.25) is 5.02 Å². The zero-order valence-corrected chi connectivity index (χ0v) is 20.6. The summed E-state index contributed by atoms with van der Waals surface area (Å²) in [5.41, 5.74) is -0.173. The maximum atomic E-state index is 15.3. The molecule has 0 saturated heterocycles. The Kier molecular flexibility index (Phi) is 6.38. The molecule has 178 valence electrons. The van der Waals surface area contributed by atoms with Crippen LogP contribution in [0.3, 0.4) is 0 Å². The predicted molar refractivity (Wildman–Crippen MR) is 130 cm³/mol. The van der Waals surface area contributed by atoms with Crippen LogP contribution in [0.4, 0.5) is 8.78 Å². The molecule has 0 bridgehead atoms. The Morgan fingerprint density at radius 3 is 2.44 bits per heavy atom. The summed E-state index contributed by atoms with van der Waals surface area (Å²) < 4.78 is 62.4. The highest BCUT2D eigenvalue weighted by Gasteiger charge is 2.59. The van der Waals surface area contributed by atoms with Crippen molar-refractivity contribution < 1.29 is 21.9 Å². The van der Waals surface area contributed by atoms with E-state index in [0.29, 0.717) is 17.9 Å². The van der Waals surface area contributed by atoms with E-state index >= 15 is 4.39 Å². The van der Waals surface area contributed by atoms with Gasteiger partial charge >= 0.3 is 0 Å².